The van der Waals surface area contributed by atoms with E-state index in [1.807, 2.05) is 42.5 Å². The van der Waals surface area contributed by atoms with Crippen LogP contribution in [0.25, 0.3) is 22.5 Å². The molecule has 0 atom stereocenters. The minimum absolute atomic E-state index is 0.189. The Morgan fingerprint density at radius 3 is 1.81 bits per heavy atom. The maximum atomic E-state index is 5.94. The first-order chi connectivity index (χ1) is 12.5. The summed E-state index contributed by atoms with van der Waals surface area (Å²) in [6, 6.07) is 13.4. The molecule has 6 nitrogen and oxygen atoms in total. The number of hydrogen-bond acceptors (Lipinski definition) is 6. The van der Waals surface area contributed by atoms with E-state index in [4.69, 9.17) is 19.9 Å². The van der Waals surface area contributed by atoms with Gasteiger partial charge in [-0.05, 0) is 30.3 Å². The summed E-state index contributed by atoms with van der Waals surface area (Å²) in [5, 5.41) is 0. The standard InChI is InChI=1S/C19H18BrN3O3/c1-24-16-8-12(9-17(25-2)18(16)26-3)15-10-14(22-19(21)23-15)11-4-6-13(20)7-5-11/h4-10H,1-3H3,(H2,21,22,23). The van der Waals surface area contributed by atoms with Crippen LogP contribution in [0, 0.1) is 0 Å². The predicted octanol–water partition coefficient (Wildman–Crippen LogP) is 4.18. The fourth-order valence-corrected chi connectivity index (χ4v) is 2.88. The molecule has 1 heterocycles. The van der Waals surface area contributed by atoms with Crippen molar-refractivity contribution < 1.29 is 14.2 Å². The highest BCUT2D eigenvalue weighted by Gasteiger charge is 2.16. The van der Waals surface area contributed by atoms with Crippen molar-refractivity contribution in [3.05, 3.63) is 46.9 Å². The average Bonchev–Trinajstić information content (AvgIpc) is 2.66. The van der Waals surface area contributed by atoms with Crippen molar-refractivity contribution in [2.45, 2.75) is 0 Å². The molecular formula is C19H18BrN3O3. The van der Waals surface area contributed by atoms with E-state index in [9.17, 15) is 0 Å². The molecule has 0 amide bonds. The van der Waals surface area contributed by atoms with Gasteiger partial charge >= 0.3 is 0 Å². The lowest BCUT2D eigenvalue weighted by atomic mass is 10.1. The highest BCUT2D eigenvalue weighted by Crippen LogP contribution is 2.41. The number of rotatable bonds is 5. The van der Waals surface area contributed by atoms with E-state index >= 15 is 0 Å². The Hall–Kier alpha value is -2.80. The van der Waals surface area contributed by atoms with Gasteiger partial charge in [0, 0.05) is 15.6 Å². The summed E-state index contributed by atoms with van der Waals surface area (Å²) in [5.41, 5.74) is 9.06. The van der Waals surface area contributed by atoms with Gasteiger partial charge in [0.15, 0.2) is 11.5 Å². The second kappa shape index (κ2) is 7.61. The van der Waals surface area contributed by atoms with Crippen LogP contribution in [0.5, 0.6) is 17.2 Å². The van der Waals surface area contributed by atoms with E-state index in [0.29, 0.717) is 22.9 Å². The second-order valence-electron chi connectivity index (χ2n) is 5.42. The molecular weight excluding hydrogens is 398 g/mol. The number of anilines is 1. The first kappa shape index (κ1) is 18.0. The molecule has 2 aromatic carbocycles. The number of nitrogen functional groups attached to an aromatic ring is 1. The fourth-order valence-electron chi connectivity index (χ4n) is 2.61. The van der Waals surface area contributed by atoms with Crippen molar-refractivity contribution in [2.75, 3.05) is 27.1 Å². The van der Waals surface area contributed by atoms with Crippen molar-refractivity contribution >= 4 is 21.9 Å². The summed E-state index contributed by atoms with van der Waals surface area (Å²) < 4.78 is 17.2. The summed E-state index contributed by atoms with van der Waals surface area (Å²) >= 11 is 3.43. The highest BCUT2D eigenvalue weighted by molar-refractivity contribution is 9.10. The van der Waals surface area contributed by atoms with E-state index in [2.05, 4.69) is 25.9 Å². The van der Waals surface area contributed by atoms with E-state index in [1.54, 1.807) is 21.3 Å². The monoisotopic (exact) mass is 415 g/mol. The zero-order valence-electron chi connectivity index (χ0n) is 14.6. The third kappa shape index (κ3) is 3.57. The van der Waals surface area contributed by atoms with Gasteiger partial charge in [-0.25, -0.2) is 9.97 Å². The van der Waals surface area contributed by atoms with Gasteiger partial charge in [0.05, 0.1) is 32.7 Å². The summed E-state index contributed by atoms with van der Waals surface area (Å²) in [6.07, 6.45) is 0. The smallest absolute Gasteiger partial charge is 0.221 e. The Kier molecular flexibility index (Phi) is 5.27. The van der Waals surface area contributed by atoms with Gasteiger partial charge in [-0.1, -0.05) is 28.1 Å². The Morgan fingerprint density at radius 1 is 0.769 bits per heavy atom. The van der Waals surface area contributed by atoms with Gasteiger partial charge < -0.3 is 19.9 Å². The van der Waals surface area contributed by atoms with Gasteiger partial charge in [-0.3, -0.25) is 0 Å². The summed E-state index contributed by atoms with van der Waals surface area (Å²) in [5.74, 6) is 1.80. The third-order valence-electron chi connectivity index (χ3n) is 3.84. The Bertz CT molecular complexity index is 905. The number of aromatic nitrogens is 2. The number of halogens is 1. The predicted molar refractivity (Wildman–Crippen MR) is 105 cm³/mol. The lowest BCUT2D eigenvalue weighted by Crippen LogP contribution is -2.00. The summed E-state index contributed by atoms with van der Waals surface area (Å²) in [6.45, 7) is 0. The quantitative estimate of drug-likeness (QED) is 0.672. The molecule has 134 valence electrons. The summed E-state index contributed by atoms with van der Waals surface area (Å²) in [4.78, 5) is 8.70. The Labute approximate surface area is 160 Å². The fraction of sp³-hybridized carbons (Fsp3) is 0.158. The van der Waals surface area contributed by atoms with Crippen LogP contribution in [0.3, 0.4) is 0 Å². The van der Waals surface area contributed by atoms with Crippen LogP contribution >= 0.6 is 15.9 Å². The van der Waals surface area contributed by atoms with Gasteiger partial charge in [-0.15, -0.1) is 0 Å². The van der Waals surface area contributed by atoms with Crippen LogP contribution in [0.1, 0.15) is 0 Å². The molecule has 0 radical (unpaired) electrons. The maximum Gasteiger partial charge on any atom is 0.221 e. The van der Waals surface area contributed by atoms with E-state index in [-0.39, 0.29) is 5.95 Å². The molecule has 0 unspecified atom stereocenters. The molecule has 0 spiro atoms. The lowest BCUT2D eigenvalue weighted by Gasteiger charge is -2.14. The largest absolute Gasteiger partial charge is 0.493 e. The van der Waals surface area contributed by atoms with Crippen molar-refractivity contribution in [1.82, 2.24) is 9.97 Å². The molecule has 0 aliphatic carbocycles. The molecule has 1 aromatic heterocycles. The van der Waals surface area contributed by atoms with Crippen LogP contribution < -0.4 is 19.9 Å². The van der Waals surface area contributed by atoms with Crippen molar-refractivity contribution in [2.24, 2.45) is 0 Å². The van der Waals surface area contributed by atoms with Gasteiger partial charge in [-0.2, -0.15) is 0 Å². The number of methoxy groups -OCH3 is 3. The molecule has 0 fully saturated rings. The van der Waals surface area contributed by atoms with E-state index in [0.717, 1.165) is 21.3 Å². The number of nitrogens with zero attached hydrogens (tertiary/aromatic N) is 2. The third-order valence-corrected chi connectivity index (χ3v) is 4.37. The molecule has 26 heavy (non-hydrogen) atoms. The Morgan fingerprint density at radius 2 is 1.31 bits per heavy atom. The normalized spacial score (nSPS) is 10.5. The zero-order valence-corrected chi connectivity index (χ0v) is 16.2. The number of hydrogen-bond donors (Lipinski definition) is 1. The number of benzene rings is 2. The van der Waals surface area contributed by atoms with Gasteiger partial charge in [0.2, 0.25) is 11.7 Å². The van der Waals surface area contributed by atoms with Crippen LogP contribution in [-0.2, 0) is 0 Å². The Balaban J connectivity index is 2.14. The minimum Gasteiger partial charge on any atom is -0.493 e. The van der Waals surface area contributed by atoms with Crippen LogP contribution in [0.2, 0.25) is 0 Å². The lowest BCUT2D eigenvalue weighted by molar-refractivity contribution is 0.324. The number of ether oxygens (including phenoxy) is 3. The van der Waals surface area contributed by atoms with Gasteiger partial charge in [0.1, 0.15) is 0 Å². The first-order valence-corrected chi connectivity index (χ1v) is 8.56. The highest BCUT2D eigenvalue weighted by atomic mass is 79.9. The molecule has 0 saturated carbocycles. The maximum absolute atomic E-state index is 5.94. The minimum atomic E-state index is 0.189. The molecule has 0 bridgehead atoms. The topological polar surface area (TPSA) is 79.5 Å². The van der Waals surface area contributed by atoms with Crippen molar-refractivity contribution in [1.29, 1.82) is 0 Å². The molecule has 7 heteroatoms. The van der Waals surface area contributed by atoms with Crippen LogP contribution in [0.4, 0.5) is 5.95 Å². The number of nitrogens with two attached hydrogens (primary N) is 1. The van der Waals surface area contributed by atoms with Crippen molar-refractivity contribution in [3.63, 3.8) is 0 Å². The van der Waals surface area contributed by atoms with E-state index < -0.39 is 0 Å². The van der Waals surface area contributed by atoms with Crippen LogP contribution in [0.15, 0.2) is 46.9 Å². The average molecular weight is 416 g/mol. The molecule has 0 aliphatic heterocycles. The second-order valence-corrected chi connectivity index (χ2v) is 6.33. The summed E-state index contributed by atoms with van der Waals surface area (Å²) in [7, 11) is 4.71. The van der Waals surface area contributed by atoms with Gasteiger partial charge in [0.25, 0.3) is 0 Å². The molecule has 0 aliphatic rings. The van der Waals surface area contributed by atoms with Crippen molar-refractivity contribution in [3.8, 4) is 39.8 Å². The molecule has 3 rings (SSSR count). The van der Waals surface area contributed by atoms with Crippen LogP contribution in [-0.4, -0.2) is 31.3 Å². The molecule has 3 aromatic rings. The van der Waals surface area contributed by atoms with E-state index in [1.165, 1.54) is 0 Å². The SMILES string of the molecule is COc1cc(-c2cc(-c3ccc(Br)cc3)nc(N)n2)cc(OC)c1OC. The zero-order chi connectivity index (χ0) is 18.7. The molecule has 0 saturated heterocycles. The molecule has 2 N–H and O–H groups in total. The first-order valence-electron chi connectivity index (χ1n) is 7.76.